The molecule has 8 heteroatoms. The molecule has 0 spiro atoms. The maximum absolute atomic E-state index is 4.52. The first kappa shape index (κ1) is 28.2. The Morgan fingerprint density at radius 3 is 1.03 bits per heavy atom. The van der Waals surface area contributed by atoms with Crippen LogP contribution in [0.15, 0.2) is 97.6 Å². The molecule has 0 amide bonds. The molecule has 0 radical (unpaired) electrons. The summed E-state index contributed by atoms with van der Waals surface area (Å²) >= 11 is 0. The van der Waals surface area contributed by atoms with E-state index in [1.807, 2.05) is 70.6 Å². The second-order valence-corrected chi connectivity index (χ2v) is 11.8. The number of hydrogen-bond acceptors (Lipinski definition) is 8. The molecule has 198 valence electrons. The largest absolute Gasteiger partial charge is 0.292 e. The van der Waals surface area contributed by atoms with Crippen molar-refractivity contribution in [3.05, 3.63) is 120 Å². The van der Waals surface area contributed by atoms with Crippen molar-refractivity contribution >= 4 is 21.6 Å². The summed E-state index contributed by atoms with van der Waals surface area (Å²) < 4.78 is 0. The molecule has 0 aliphatic heterocycles. The Morgan fingerprint density at radius 2 is 0.763 bits per heavy atom. The van der Waals surface area contributed by atoms with Crippen LogP contribution in [-0.2, 0) is 26.2 Å². The number of hydrogen-bond donors (Lipinski definition) is 0. The minimum Gasteiger partial charge on any atom is -0.292 e. The molecule has 0 N–H and O–H groups in total. The van der Waals surface area contributed by atoms with Gasteiger partial charge in [0.05, 0.1) is 22.8 Å². The molecule has 6 nitrogen and oxygen atoms in total. The smallest absolute Gasteiger partial charge is 0.0544 e. The summed E-state index contributed by atoms with van der Waals surface area (Å²) in [6.07, 6.45) is 9.76. The Labute approximate surface area is 234 Å². The predicted octanol–water partition coefficient (Wildman–Crippen LogP) is 6.13. The fourth-order valence-electron chi connectivity index (χ4n) is 4.12. The highest BCUT2D eigenvalue weighted by Gasteiger charge is 2.10. The van der Waals surface area contributed by atoms with Crippen molar-refractivity contribution in [2.45, 2.75) is 39.0 Å². The topological polar surface area (TPSA) is 58.0 Å². The average molecular weight is 545 g/mol. The maximum atomic E-state index is 4.52. The lowest BCUT2D eigenvalue weighted by Crippen LogP contribution is -2.25. The molecular formula is C30H36N6S2. The van der Waals surface area contributed by atoms with Crippen LogP contribution in [0.5, 0.6) is 0 Å². The Balaban J connectivity index is 1.16. The summed E-state index contributed by atoms with van der Waals surface area (Å²) in [5.74, 6) is 2.27. The molecule has 4 heterocycles. The first-order chi connectivity index (χ1) is 18.8. The van der Waals surface area contributed by atoms with Crippen molar-refractivity contribution in [1.82, 2.24) is 29.7 Å². The van der Waals surface area contributed by atoms with E-state index >= 15 is 0 Å². The molecule has 38 heavy (non-hydrogen) atoms. The van der Waals surface area contributed by atoms with E-state index < -0.39 is 0 Å². The van der Waals surface area contributed by atoms with Gasteiger partial charge < -0.3 is 0 Å². The molecular weight excluding hydrogens is 509 g/mol. The summed E-state index contributed by atoms with van der Waals surface area (Å²) in [6, 6.07) is 24.5. The lowest BCUT2D eigenvalue weighted by atomic mass is 10.2. The Bertz CT molecular complexity index is 961. The van der Waals surface area contributed by atoms with E-state index in [9.17, 15) is 0 Å². The van der Waals surface area contributed by atoms with Crippen molar-refractivity contribution in [1.29, 1.82) is 0 Å². The highest BCUT2D eigenvalue weighted by Crippen LogP contribution is 2.23. The second kappa shape index (κ2) is 16.9. The van der Waals surface area contributed by atoms with Gasteiger partial charge >= 0.3 is 0 Å². The Morgan fingerprint density at radius 1 is 0.447 bits per heavy atom. The molecule has 0 fully saturated rings. The van der Waals surface area contributed by atoms with Crippen LogP contribution in [-0.4, -0.2) is 54.3 Å². The normalized spacial score (nSPS) is 11.3. The lowest BCUT2D eigenvalue weighted by Gasteiger charge is -2.22. The van der Waals surface area contributed by atoms with Gasteiger partial charge in [-0.3, -0.25) is 29.7 Å². The van der Waals surface area contributed by atoms with Gasteiger partial charge in [-0.05, 0) is 74.5 Å². The van der Waals surface area contributed by atoms with E-state index in [-0.39, 0.29) is 0 Å². The zero-order valence-electron chi connectivity index (χ0n) is 21.8. The Hall–Kier alpha value is -2.78. The third kappa shape index (κ3) is 10.9. The predicted molar refractivity (Wildman–Crippen MR) is 159 cm³/mol. The fraction of sp³-hybridized carbons (Fsp3) is 0.333. The summed E-state index contributed by atoms with van der Waals surface area (Å²) in [4.78, 5) is 23.0. The van der Waals surface area contributed by atoms with Gasteiger partial charge in [0.15, 0.2) is 0 Å². The van der Waals surface area contributed by atoms with Gasteiger partial charge in [-0.15, -0.1) is 0 Å². The molecule has 0 aromatic carbocycles. The number of pyridine rings is 4. The molecule has 0 unspecified atom stereocenters. The monoisotopic (exact) mass is 544 g/mol. The molecule has 4 aromatic rings. The quantitative estimate of drug-likeness (QED) is 0.116. The molecule has 0 aliphatic rings. The zero-order valence-corrected chi connectivity index (χ0v) is 23.4. The van der Waals surface area contributed by atoms with E-state index in [1.54, 1.807) is 0 Å². The van der Waals surface area contributed by atoms with Crippen molar-refractivity contribution < 1.29 is 0 Å². The lowest BCUT2D eigenvalue weighted by molar-refractivity contribution is 0.252. The van der Waals surface area contributed by atoms with Crippen molar-refractivity contribution in [3.63, 3.8) is 0 Å². The van der Waals surface area contributed by atoms with Gasteiger partial charge in [0.2, 0.25) is 0 Å². The molecule has 0 bridgehead atoms. The minimum atomic E-state index is 0.845. The maximum Gasteiger partial charge on any atom is 0.0544 e. The number of nitrogens with zero attached hydrogens (tertiary/aromatic N) is 6. The van der Waals surface area contributed by atoms with E-state index in [0.29, 0.717) is 0 Å². The van der Waals surface area contributed by atoms with E-state index in [0.717, 1.165) is 86.4 Å². The van der Waals surface area contributed by atoms with Crippen LogP contribution in [0.25, 0.3) is 0 Å². The van der Waals surface area contributed by atoms with Crippen LogP contribution >= 0.6 is 21.6 Å². The van der Waals surface area contributed by atoms with Gasteiger partial charge in [0.1, 0.15) is 0 Å². The summed E-state index contributed by atoms with van der Waals surface area (Å²) in [7, 11) is 3.97. The van der Waals surface area contributed by atoms with Crippen LogP contribution in [0.4, 0.5) is 0 Å². The molecule has 0 atom stereocenters. The van der Waals surface area contributed by atoms with Gasteiger partial charge in [0.25, 0.3) is 0 Å². The summed E-state index contributed by atoms with van der Waals surface area (Å²) in [6.45, 7) is 5.44. The van der Waals surface area contributed by atoms with Crippen LogP contribution in [0.3, 0.4) is 0 Å². The number of aromatic nitrogens is 4. The fourth-order valence-corrected chi connectivity index (χ4v) is 6.27. The highest BCUT2D eigenvalue weighted by atomic mass is 33.1. The first-order valence-electron chi connectivity index (χ1n) is 13.1. The first-order valence-corrected chi connectivity index (χ1v) is 15.6. The summed E-state index contributed by atoms with van der Waals surface area (Å²) in [5.41, 5.74) is 4.41. The van der Waals surface area contributed by atoms with Crippen molar-refractivity contribution in [3.8, 4) is 0 Å². The van der Waals surface area contributed by atoms with Gasteiger partial charge in [0, 0.05) is 62.5 Å². The third-order valence-electron chi connectivity index (χ3n) is 5.93. The molecule has 0 saturated carbocycles. The molecule has 4 rings (SSSR count). The van der Waals surface area contributed by atoms with Crippen LogP contribution in [0.2, 0.25) is 0 Å². The second-order valence-electron chi connectivity index (χ2n) is 9.06. The van der Waals surface area contributed by atoms with E-state index in [4.69, 9.17) is 0 Å². The minimum absolute atomic E-state index is 0.845. The SMILES string of the molecule is c1ccc(CN(CCCSSCCCN(Cc2ccccn2)Cc2ccccn2)Cc2ccccn2)nc1. The van der Waals surface area contributed by atoms with Crippen molar-refractivity contribution in [2.24, 2.45) is 0 Å². The molecule has 0 aliphatic carbocycles. The highest BCUT2D eigenvalue weighted by molar-refractivity contribution is 8.76. The van der Waals surface area contributed by atoms with E-state index in [2.05, 4.69) is 78.3 Å². The number of rotatable bonds is 17. The molecule has 0 saturated heterocycles. The van der Waals surface area contributed by atoms with Crippen LogP contribution in [0.1, 0.15) is 35.6 Å². The van der Waals surface area contributed by atoms with Gasteiger partial charge in [-0.25, -0.2) is 0 Å². The standard InChI is InChI=1S/C30H36N6S2/c1-5-15-31-27(11-1)23-35(24-28-12-2-6-16-32-28)19-9-21-37-38-22-10-20-36(25-29-13-3-7-17-33-29)26-30-14-4-8-18-34-30/h1-8,11-18H,9-10,19-26H2. The Kier molecular flexibility index (Phi) is 12.6. The van der Waals surface area contributed by atoms with Gasteiger partial charge in [-0.2, -0.15) is 0 Å². The third-order valence-corrected chi connectivity index (χ3v) is 8.51. The average Bonchev–Trinajstić information content (AvgIpc) is 2.96. The van der Waals surface area contributed by atoms with Gasteiger partial charge in [-0.1, -0.05) is 45.9 Å². The van der Waals surface area contributed by atoms with E-state index in [1.165, 1.54) is 0 Å². The van der Waals surface area contributed by atoms with Crippen molar-refractivity contribution in [2.75, 3.05) is 24.6 Å². The zero-order chi connectivity index (χ0) is 26.1. The molecule has 4 aromatic heterocycles. The van der Waals surface area contributed by atoms with Crippen LogP contribution in [0, 0.1) is 0 Å². The summed E-state index contributed by atoms with van der Waals surface area (Å²) in [5, 5.41) is 0. The van der Waals surface area contributed by atoms with Crippen LogP contribution < -0.4 is 0 Å².